The van der Waals surface area contributed by atoms with E-state index in [2.05, 4.69) is 29.7 Å². The predicted octanol–water partition coefficient (Wildman–Crippen LogP) is 2.22. The molecule has 1 aliphatic carbocycles. The van der Waals surface area contributed by atoms with Gasteiger partial charge >= 0.3 is 6.03 Å². The van der Waals surface area contributed by atoms with Crippen molar-refractivity contribution in [2.45, 2.75) is 31.6 Å². The first-order chi connectivity index (χ1) is 9.15. The maximum Gasteiger partial charge on any atom is 0.321 e. The van der Waals surface area contributed by atoms with Crippen LogP contribution in [0.2, 0.25) is 0 Å². The lowest BCUT2D eigenvalue weighted by Crippen LogP contribution is -2.41. The molecular formula is C14H18N2O2S. The minimum absolute atomic E-state index is 0.239. The number of urea groups is 1. The average molecular weight is 278 g/mol. The van der Waals surface area contributed by atoms with Gasteiger partial charge in [0.1, 0.15) is 0 Å². The smallest absolute Gasteiger partial charge is 0.321 e. The number of carbonyl (C=O) groups excluding carboxylic acids is 2. The molecule has 0 aliphatic heterocycles. The van der Waals surface area contributed by atoms with E-state index in [0.717, 1.165) is 18.6 Å². The van der Waals surface area contributed by atoms with Crippen molar-refractivity contribution in [1.29, 1.82) is 0 Å². The van der Waals surface area contributed by atoms with Gasteiger partial charge in [0.15, 0.2) is 0 Å². The van der Waals surface area contributed by atoms with E-state index in [0.29, 0.717) is 5.75 Å². The molecule has 1 saturated carbocycles. The molecule has 102 valence electrons. The Bertz CT molecular complexity index is 472. The number of imide groups is 1. The highest BCUT2D eigenvalue weighted by Crippen LogP contribution is 2.18. The Kier molecular flexibility index (Phi) is 4.85. The van der Waals surface area contributed by atoms with Gasteiger partial charge in [-0.3, -0.25) is 10.1 Å². The van der Waals surface area contributed by atoms with Gasteiger partial charge in [-0.2, -0.15) is 0 Å². The Morgan fingerprint density at radius 2 is 2.05 bits per heavy atom. The Hall–Kier alpha value is -1.49. The third kappa shape index (κ3) is 4.95. The summed E-state index contributed by atoms with van der Waals surface area (Å²) < 4.78 is 0. The van der Waals surface area contributed by atoms with Crippen molar-refractivity contribution in [2.75, 3.05) is 5.75 Å². The van der Waals surface area contributed by atoms with Gasteiger partial charge < -0.3 is 5.32 Å². The summed E-state index contributed by atoms with van der Waals surface area (Å²) in [5.41, 5.74) is 2.45. The number of nitrogens with one attached hydrogen (secondary N) is 2. The highest BCUT2D eigenvalue weighted by Gasteiger charge is 2.23. The van der Waals surface area contributed by atoms with Gasteiger partial charge in [-0.1, -0.05) is 24.3 Å². The molecule has 2 N–H and O–H groups in total. The monoisotopic (exact) mass is 278 g/mol. The van der Waals surface area contributed by atoms with Gasteiger partial charge in [-0.15, -0.1) is 11.8 Å². The number of amides is 3. The minimum Gasteiger partial charge on any atom is -0.335 e. The normalized spacial score (nSPS) is 13.9. The molecule has 2 rings (SSSR count). The maximum atomic E-state index is 11.5. The number of hydrogen-bond donors (Lipinski definition) is 2. The van der Waals surface area contributed by atoms with Crippen LogP contribution in [0.4, 0.5) is 4.79 Å². The van der Waals surface area contributed by atoms with Crippen molar-refractivity contribution < 1.29 is 9.59 Å². The lowest BCUT2D eigenvalue weighted by molar-refractivity contribution is -0.117. The van der Waals surface area contributed by atoms with Crippen molar-refractivity contribution in [1.82, 2.24) is 10.6 Å². The Labute approximate surface area is 117 Å². The van der Waals surface area contributed by atoms with Gasteiger partial charge in [0.05, 0.1) is 5.75 Å². The van der Waals surface area contributed by atoms with E-state index in [1.165, 1.54) is 22.9 Å². The zero-order valence-corrected chi connectivity index (χ0v) is 11.8. The molecular weight excluding hydrogens is 260 g/mol. The van der Waals surface area contributed by atoms with Crippen LogP contribution in [0.3, 0.4) is 0 Å². The molecule has 0 heterocycles. The van der Waals surface area contributed by atoms with Crippen molar-refractivity contribution in [3.8, 4) is 0 Å². The van der Waals surface area contributed by atoms with E-state index in [9.17, 15) is 9.59 Å². The summed E-state index contributed by atoms with van der Waals surface area (Å²) >= 11 is 1.51. The number of thioether (sulfide) groups is 1. The van der Waals surface area contributed by atoms with Crippen molar-refractivity contribution in [2.24, 2.45) is 0 Å². The number of hydrogen-bond acceptors (Lipinski definition) is 3. The van der Waals surface area contributed by atoms with Crippen LogP contribution < -0.4 is 10.6 Å². The largest absolute Gasteiger partial charge is 0.335 e. The number of rotatable bonds is 5. The highest BCUT2D eigenvalue weighted by atomic mass is 32.2. The van der Waals surface area contributed by atoms with E-state index in [4.69, 9.17) is 0 Å². The van der Waals surface area contributed by atoms with Gasteiger partial charge in [-0.25, -0.2) is 4.79 Å². The van der Waals surface area contributed by atoms with Crippen LogP contribution in [-0.4, -0.2) is 23.7 Å². The summed E-state index contributed by atoms with van der Waals surface area (Å²) in [5, 5.41) is 5.06. The van der Waals surface area contributed by atoms with Crippen LogP contribution in [0.5, 0.6) is 0 Å². The van der Waals surface area contributed by atoms with Crippen LogP contribution >= 0.6 is 11.8 Å². The summed E-state index contributed by atoms with van der Waals surface area (Å²) in [4.78, 5) is 22.9. The van der Waals surface area contributed by atoms with Crippen molar-refractivity contribution in [3.63, 3.8) is 0 Å². The molecule has 3 amide bonds. The summed E-state index contributed by atoms with van der Waals surface area (Å²) in [6.07, 6.45) is 2.04. The third-order valence-electron chi connectivity index (χ3n) is 2.92. The molecule has 0 saturated heterocycles. The van der Waals surface area contributed by atoms with Gasteiger partial charge in [-0.05, 0) is 30.9 Å². The zero-order valence-electron chi connectivity index (χ0n) is 10.9. The van der Waals surface area contributed by atoms with Crippen LogP contribution in [-0.2, 0) is 10.5 Å². The molecule has 0 aromatic heterocycles. The van der Waals surface area contributed by atoms with E-state index in [-0.39, 0.29) is 18.0 Å². The van der Waals surface area contributed by atoms with E-state index in [1.54, 1.807) is 0 Å². The average Bonchev–Trinajstić information content (AvgIpc) is 3.15. The molecule has 5 heteroatoms. The molecule has 1 aliphatic rings. The van der Waals surface area contributed by atoms with Gasteiger partial charge in [0.25, 0.3) is 0 Å². The van der Waals surface area contributed by atoms with Gasteiger partial charge in [0.2, 0.25) is 5.91 Å². The molecule has 1 aromatic rings. The fraction of sp³-hybridized carbons (Fsp3) is 0.429. The molecule has 0 unspecified atom stereocenters. The van der Waals surface area contributed by atoms with Gasteiger partial charge in [0, 0.05) is 11.8 Å². The first kappa shape index (κ1) is 13.9. The lowest BCUT2D eigenvalue weighted by Gasteiger charge is -2.06. The Morgan fingerprint density at radius 3 is 2.74 bits per heavy atom. The lowest BCUT2D eigenvalue weighted by atomic mass is 10.1. The van der Waals surface area contributed by atoms with E-state index < -0.39 is 0 Å². The molecule has 0 bridgehead atoms. The second kappa shape index (κ2) is 6.61. The first-order valence-corrected chi connectivity index (χ1v) is 7.53. The van der Waals surface area contributed by atoms with E-state index >= 15 is 0 Å². The summed E-state index contributed by atoms with van der Waals surface area (Å²) in [6.45, 7) is 2.05. The third-order valence-corrected chi connectivity index (χ3v) is 3.90. The zero-order chi connectivity index (χ0) is 13.7. The molecule has 0 spiro atoms. The van der Waals surface area contributed by atoms with Crippen LogP contribution in [0.1, 0.15) is 24.0 Å². The standard InChI is InChI=1S/C14H18N2O2S/c1-10-4-2-3-5-11(10)8-19-9-13(17)16-14(18)15-12-6-7-12/h2-5,12H,6-9H2,1H3,(H2,15,16,17,18). The fourth-order valence-corrected chi connectivity index (χ4v) is 2.54. The number of benzene rings is 1. The molecule has 0 atom stereocenters. The van der Waals surface area contributed by atoms with E-state index in [1.807, 2.05) is 12.1 Å². The number of carbonyl (C=O) groups is 2. The highest BCUT2D eigenvalue weighted by molar-refractivity contribution is 7.99. The Morgan fingerprint density at radius 1 is 1.32 bits per heavy atom. The first-order valence-electron chi connectivity index (χ1n) is 6.38. The topological polar surface area (TPSA) is 58.2 Å². The summed E-state index contributed by atoms with van der Waals surface area (Å²) in [6, 6.07) is 8.00. The molecule has 4 nitrogen and oxygen atoms in total. The van der Waals surface area contributed by atoms with Crippen molar-refractivity contribution >= 4 is 23.7 Å². The summed E-state index contributed by atoms with van der Waals surface area (Å²) in [5.74, 6) is 0.841. The second-order valence-corrected chi connectivity index (χ2v) is 5.70. The second-order valence-electron chi connectivity index (χ2n) is 4.72. The fourth-order valence-electron chi connectivity index (χ4n) is 1.64. The quantitative estimate of drug-likeness (QED) is 0.868. The minimum atomic E-state index is -0.371. The molecule has 19 heavy (non-hydrogen) atoms. The summed E-state index contributed by atoms with van der Waals surface area (Å²) in [7, 11) is 0. The van der Waals surface area contributed by atoms with Crippen LogP contribution in [0.15, 0.2) is 24.3 Å². The number of aryl methyl sites for hydroxylation is 1. The molecule has 1 aromatic carbocycles. The van der Waals surface area contributed by atoms with Crippen LogP contribution in [0.25, 0.3) is 0 Å². The predicted molar refractivity (Wildman–Crippen MR) is 77.0 cm³/mol. The maximum absolute atomic E-state index is 11.5. The SMILES string of the molecule is Cc1ccccc1CSCC(=O)NC(=O)NC1CC1. The molecule has 0 radical (unpaired) electrons. The van der Waals surface area contributed by atoms with Crippen LogP contribution in [0, 0.1) is 6.92 Å². The molecule has 1 fully saturated rings. The van der Waals surface area contributed by atoms with Crippen molar-refractivity contribution in [3.05, 3.63) is 35.4 Å². The Balaban J connectivity index is 1.66.